The van der Waals surface area contributed by atoms with Crippen LogP contribution < -0.4 is 5.73 Å². The fourth-order valence-electron chi connectivity index (χ4n) is 3.66. The molecule has 0 aromatic heterocycles. The molecular weight excluding hydrogens is 310 g/mol. The molecule has 2 aromatic carbocycles. The van der Waals surface area contributed by atoms with E-state index in [9.17, 15) is 4.79 Å². The first-order valence-corrected chi connectivity index (χ1v) is 8.92. The van der Waals surface area contributed by atoms with E-state index in [4.69, 9.17) is 5.73 Å². The van der Waals surface area contributed by atoms with Crippen molar-refractivity contribution in [1.29, 1.82) is 0 Å². The third kappa shape index (κ3) is 4.47. The molecule has 1 aliphatic rings. The third-order valence-electron chi connectivity index (χ3n) is 5.09. The van der Waals surface area contributed by atoms with Crippen molar-refractivity contribution in [2.45, 2.75) is 12.5 Å². The highest BCUT2D eigenvalue weighted by molar-refractivity contribution is 5.78. The molecule has 0 unspecified atom stereocenters. The van der Waals surface area contributed by atoms with E-state index >= 15 is 0 Å². The van der Waals surface area contributed by atoms with Gasteiger partial charge in [0.1, 0.15) is 0 Å². The Morgan fingerprint density at radius 3 is 2.36 bits per heavy atom. The molecule has 2 atom stereocenters. The molecular formula is C21H27N3O. The van der Waals surface area contributed by atoms with E-state index in [0.29, 0.717) is 31.5 Å². The number of benzene rings is 2. The van der Waals surface area contributed by atoms with Crippen molar-refractivity contribution in [2.75, 3.05) is 33.2 Å². The molecule has 1 aliphatic heterocycles. The van der Waals surface area contributed by atoms with E-state index in [1.165, 1.54) is 5.56 Å². The monoisotopic (exact) mass is 337 g/mol. The van der Waals surface area contributed by atoms with Crippen molar-refractivity contribution in [2.24, 2.45) is 11.7 Å². The number of carbonyl (C=O) groups is 1. The van der Waals surface area contributed by atoms with Crippen molar-refractivity contribution >= 4 is 5.91 Å². The molecule has 4 heteroatoms. The summed E-state index contributed by atoms with van der Waals surface area (Å²) in [4.78, 5) is 16.7. The van der Waals surface area contributed by atoms with Crippen LogP contribution in [0, 0.1) is 5.92 Å². The first-order valence-electron chi connectivity index (χ1n) is 8.92. The summed E-state index contributed by atoms with van der Waals surface area (Å²) in [6.07, 6.45) is 0. The molecule has 4 nitrogen and oxygen atoms in total. The Hall–Kier alpha value is -2.17. The van der Waals surface area contributed by atoms with Gasteiger partial charge in [-0.2, -0.15) is 0 Å². The molecule has 0 spiro atoms. The molecule has 3 rings (SSSR count). The molecule has 1 fully saturated rings. The maximum atomic E-state index is 12.6. The number of likely N-dealkylation sites (N-methyl/N-ethyl adjacent to an activating group) is 1. The van der Waals surface area contributed by atoms with Gasteiger partial charge in [-0.3, -0.25) is 9.69 Å². The normalized spacial score (nSPS) is 20.6. The first kappa shape index (κ1) is 17.6. The van der Waals surface area contributed by atoms with Crippen LogP contribution in [-0.2, 0) is 11.3 Å². The quantitative estimate of drug-likeness (QED) is 0.880. The lowest BCUT2D eigenvalue weighted by molar-refractivity contribution is -0.131. The van der Waals surface area contributed by atoms with Crippen LogP contribution in [0.3, 0.4) is 0 Å². The highest BCUT2D eigenvalue weighted by atomic mass is 16.2. The maximum Gasteiger partial charge on any atom is 0.236 e. The lowest BCUT2D eigenvalue weighted by Crippen LogP contribution is -2.37. The summed E-state index contributed by atoms with van der Waals surface area (Å²) in [7, 11) is 1.88. The predicted molar refractivity (Wildman–Crippen MR) is 101 cm³/mol. The molecule has 0 saturated carbocycles. The second-order valence-electron chi connectivity index (χ2n) is 6.94. The van der Waals surface area contributed by atoms with Gasteiger partial charge in [0.05, 0.1) is 6.54 Å². The summed E-state index contributed by atoms with van der Waals surface area (Å²) in [5.74, 6) is 0.987. The Morgan fingerprint density at radius 2 is 1.72 bits per heavy atom. The Bertz CT molecular complexity index is 674. The second-order valence-corrected chi connectivity index (χ2v) is 6.94. The minimum atomic E-state index is 0.160. The van der Waals surface area contributed by atoms with Gasteiger partial charge < -0.3 is 10.6 Å². The zero-order valence-corrected chi connectivity index (χ0v) is 14.8. The van der Waals surface area contributed by atoms with E-state index in [1.54, 1.807) is 0 Å². The van der Waals surface area contributed by atoms with Crippen LogP contribution in [-0.4, -0.2) is 48.9 Å². The summed E-state index contributed by atoms with van der Waals surface area (Å²) >= 11 is 0. The van der Waals surface area contributed by atoms with Crippen molar-refractivity contribution in [1.82, 2.24) is 9.80 Å². The number of likely N-dealkylation sites (tertiary alicyclic amines) is 1. The summed E-state index contributed by atoms with van der Waals surface area (Å²) in [5, 5.41) is 0. The Kier molecular flexibility index (Phi) is 5.84. The van der Waals surface area contributed by atoms with Crippen molar-refractivity contribution < 1.29 is 4.79 Å². The number of amides is 1. The number of nitrogens with zero attached hydrogens (tertiary/aromatic N) is 2. The molecule has 0 aliphatic carbocycles. The average molecular weight is 337 g/mol. The number of nitrogens with two attached hydrogens (primary N) is 1. The summed E-state index contributed by atoms with van der Waals surface area (Å²) in [6, 6.07) is 20.6. The minimum Gasteiger partial charge on any atom is -0.340 e. The number of hydrogen-bond acceptors (Lipinski definition) is 3. The van der Waals surface area contributed by atoms with Gasteiger partial charge in [0.2, 0.25) is 5.91 Å². The molecule has 25 heavy (non-hydrogen) atoms. The zero-order chi connectivity index (χ0) is 17.6. The zero-order valence-electron chi connectivity index (χ0n) is 14.8. The fraction of sp³-hybridized carbons (Fsp3) is 0.381. The molecule has 1 saturated heterocycles. The van der Waals surface area contributed by atoms with Gasteiger partial charge in [0.15, 0.2) is 0 Å². The maximum absolute atomic E-state index is 12.6. The summed E-state index contributed by atoms with van der Waals surface area (Å²) in [5.41, 5.74) is 8.47. The van der Waals surface area contributed by atoms with Crippen molar-refractivity contribution in [3.8, 4) is 0 Å². The van der Waals surface area contributed by atoms with Crippen molar-refractivity contribution in [3.05, 3.63) is 71.8 Å². The Balaban J connectivity index is 1.58. The van der Waals surface area contributed by atoms with Gasteiger partial charge in [-0.25, -0.2) is 0 Å². The van der Waals surface area contributed by atoms with Crippen molar-refractivity contribution in [3.63, 3.8) is 0 Å². The van der Waals surface area contributed by atoms with Crippen LogP contribution in [0.4, 0.5) is 0 Å². The third-order valence-corrected chi connectivity index (χ3v) is 5.09. The van der Waals surface area contributed by atoms with Gasteiger partial charge in [-0.1, -0.05) is 60.7 Å². The summed E-state index contributed by atoms with van der Waals surface area (Å²) in [6.45, 7) is 3.56. The van der Waals surface area contributed by atoms with Crippen LogP contribution >= 0.6 is 0 Å². The van der Waals surface area contributed by atoms with Gasteiger partial charge in [-0.15, -0.1) is 0 Å². The Labute approximate surface area is 150 Å². The molecule has 132 valence electrons. The van der Waals surface area contributed by atoms with Crippen LogP contribution in [0.15, 0.2) is 60.7 Å². The van der Waals surface area contributed by atoms with Gasteiger partial charge in [0, 0.05) is 32.6 Å². The predicted octanol–water partition coefficient (Wildman–Crippen LogP) is 2.32. The van der Waals surface area contributed by atoms with E-state index in [0.717, 1.165) is 18.7 Å². The largest absolute Gasteiger partial charge is 0.340 e. The first-order chi connectivity index (χ1) is 12.2. The Morgan fingerprint density at radius 1 is 1.08 bits per heavy atom. The molecule has 1 amide bonds. The lowest BCUT2D eigenvalue weighted by Gasteiger charge is -2.22. The lowest BCUT2D eigenvalue weighted by atomic mass is 9.89. The molecule has 2 N–H and O–H groups in total. The minimum absolute atomic E-state index is 0.160. The summed E-state index contributed by atoms with van der Waals surface area (Å²) < 4.78 is 0. The molecule has 2 aromatic rings. The van der Waals surface area contributed by atoms with E-state index in [1.807, 2.05) is 36.2 Å². The number of rotatable bonds is 6. The van der Waals surface area contributed by atoms with E-state index < -0.39 is 0 Å². The van der Waals surface area contributed by atoms with E-state index in [-0.39, 0.29) is 5.91 Å². The van der Waals surface area contributed by atoms with Crippen LogP contribution in [0.25, 0.3) is 0 Å². The van der Waals surface area contributed by atoms with Gasteiger partial charge in [0.25, 0.3) is 0 Å². The molecule has 0 bridgehead atoms. The molecule has 1 heterocycles. The van der Waals surface area contributed by atoms with Gasteiger partial charge in [-0.05, 0) is 23.6 Å². The number of hydrogen-bond donors (Lipinski definition) is 1. The standard InChI is InChI=1S/C21H27N3O/c1-23(13-17-8-4-2-5-9-17)21(25)16-24-14-19(12-22)20(15-24)18-10-6-3-7-11-18/h2-11,19-20H,12-16,22H2,1H3/t19-,20+/m1/s1. The SMILES string of the molecule is CN(Cc1ccccc1)C(=O)CN1C[C@@H](CN)[C@H](c2ccccc2)C1. The second kappa shape index (κ2) is 8.28. The van der Waals surface area contributed by atoms with Gasteiger partial charge >= 0.3 is 0 Å². The van der Waals surface area contributed by atoms with Crippen LogP contribution in [0.5, 0.6) is 0 Å². The van der Waals surface area contributed by atoms with Crippen LogP contribution in [0.2, 0.25) is 0 Å². The topological polar surface area (TPSA) is 49.6 Å². The molecule has 0 radical (unpaired) electrons. The van der Waals surface area contributed by atoms with E-state index in [2.05, 4.69) is 41.3 Å². The fourth-order valence-corrected chi connectivity index (χ4v) is 3.66. The smallest absolute Gasteiger partial charge is 0.236 e. The highest BCUT2D eigenvalue weighted by Gasteiger charge is 2.33. The number of carbonyl (C=O) groups excluding carboxylic acids is 1. The van der Waals surface area contributed by atoms with Crippen LogP contribution in [0.1, 0.15) is 17.0 Å². The average Bonchev–Trinajstić information content (AvgIpc) is 3.06. The highest BCUT2D eigenvalue weighted by Crippen LogP contribution is 2.31.